The minimum absolute atomic E-state index is 0.0424. The fourth-order valence-electron chi connectivity index (χ4n) is 2.44. The summed E-state index contributed by atoms with van der Waals surface area (Å²) in [6, 6.07) is 6.33. The first-order chi connectivity index (χ1) is 13.5. The highest BCUT2D eigenvalue weighted by Crippen LogP contribution is 2.20. The van der Waals surface area contributed by atoms with Crippen molar-refractivity contribution in [3.8, 4) is 5.75 Å². The molecule has 158 valence electrons. The minimum Gasteiger partial charge on any atom is -0.491 e. The summed E-state index contributed by atoms with van der Waals surface area (Å²) in [7, 11) is 1.71. The minimum atomic E-state index is 0.0424. The molecule has 1 unspecified atom stereocenters. The molecule has 0 aliphatic heterocycles. The van der Waals surface area contributed by atoms with E-state index in [1.807, 2.05) is 32.9 Å². The second kappa shape index (κ2) is 13.8. The predicted molar refractivity (Wildman–Crippen MR) is 114 cm³/mol. The maximum atomic E-state index is 11.8. The van der Waals surface area contributed by atoms with Gasteiger partial charge in [0.15, 0.2) is 5.96 Å². The molecule has 1 amide bonds. The van der Waals surface area contributed by atoms with Crippen LogP contribution in [0.5, 0.6) is 5.75 Å². The van der Waals surface area contributed by atoms with Gasteiger partial charge in [0.05, 0.1) is 6.61 Å². The molecule has 28 heavy (non-hydrogen) atoms. The Labute approximate surface area is 169 Å². The van der Waals surface area contributed by atoms with E-state index in [0.717, 1.165) is 23.3 Å². The molecule has 7 nitrogen and oxygen atoms in total. The molecule has 0 bridgehead atoms. The normalized spacial score (nSPS) is 12.4. The lowest BCUT2D eigenvalue weighted by atomic mass is 10.1. The second-order valence-electron chi connectivity index (χ2n) is 6.64. The van der Waals surface area contributed by atoms with Crippen molar-refractivity contribution in [3.05, 3.63) is 29.3 Å². The molecule has 0 heterocycles. The van der Waals surface area contributed by atoms with E-state index in [1.165, 1.54) is 0 Å². The lowest BCUT2D eigenvalue weighted by Crippen LogP contribution is -2.40. The van der Waals surface area contributed by atoms with Crippen molar-refractivity contribution in [1.82, 2.24) is 16.0 Å². The van der Waals surface area contributed by atoms with E-state index in [0.29, 0.717) is 45.3 Å². The molecule has 3 N–H and O–H groups in total. The van der Waals surface area contributed by atoms with Gasteiger partial charge in [-0.2, -0.15) is 0 Å². The monoisotopic (exact) mass is 392 g/mol. The van der Waals surface area contributed by atoms with Crippen LogP contribution in [0.1, 0.15) is 44.7 Å². The topological polar surface area (TPSA) is 84.0 Å². The van der Waals surface area contributed by atoms with Gasteiger partial charge in [-0.05, 0) is 38.8 Å². The fourth-order valence-corrected chi connectivity index (χ4v) is 2.44. The quantitative estimate of drug-likeness (QED) is 0.289. The van der Waals surface area contributed by atoms with Gasteiger partial charge < -0.3 is 25.4 Å². The maximum absolute atomic E-state index is 11.8. The van der Waals surface area contributed by atoms with E-state index in [-0.39, 0.29) is 11.9 Å². The van der Waals surface area contributed by atoms with Crippen molar-refractivity contribution in [2.24, 2.45) is 4.99 Å². The molecule has 0 aliphatic carbocycles. The van der Waals surface area contributed by atoms with Crippen LogP contribution in [0.15, 0.2) is 23.2 Å². The standard InChI is InChI=1S/C21H36N4O3/c1-6-17(4)25-20(26)10-11-23-21(22-5)24-15-18-9-8-16(3)14-19(18)28-13-12-27-7-2/h8-9,14,17H,6-7,10-13,15H2,1-5H3,(H,25,26)(H2,22,23,24). The summed E-state index contributed by atoms with van der Waals surface area (Å²) in [5.74, 6) is 1.54. The smallest absolute Gasteiger partial charge is 0.221 e. The number of carbonyl (C=O) groups excluding carboxylic acids is 1. The van der Waals surface area contributed by atoms with Crippen molar-refractivity contribution in [1.29, 1.82) is 0 Å². The number of nitrogens with zero attached hydrogens (tertiary/aromatic N) is 1. The van der Waals surface area contributed by atoms with Gasteiger partial charge in [0.2, 0.25) is 5.91 Å². The lowest BCUT2D eigenvalue weighted by molar-refractivity contribution is -0.121. The van der Waals surface area contributed by atoms with Crippen LogP contribution >= 0.6 is 0 Å². The highest BCUT2D eigenvalue weighted by atomic mass is 16.5. The number of hydrogen-bond donors (Lipinski definition) is 3. The molecule has 0 aliphatic rings. The average molecular weight is 393 g/mol. The first kappa shape index (κ1) is 23.8. The van der Waals surface area contributed by atoms with E-state index in [9.17, 15) is 4.79 Å². The van der Waals surface area contributed by atoms with Gasteiger partial charge >= 0.3 is 0 Å². The zero-order valence-electron chi connectivity index (χ0n) is 17.9. The number of nitrogens with one attached hydrogen (secondary N) is 3. The second-order valence-corrected chi connectivity index (χ2v) is 6.64. The molecule has 0 spiro atoms. The van der Waals surface area contributed by atoms with Crippen LogP contribution in [0.2, 0.25) is 0 Å². The van der Waals surface area contributed by atoms with Crippen molar-refractivity contribution in [3.63, 3.8) is 0 Å². The number of guanidine groups is 1. The molecule has 1 aromatic carbocycles. The summed E-state index contributed by atoms with van der Waals surface area (Å²) in [6.07, 6.45) is 1.33. The molecule has 0 radical (unpaired) electrons. The van der Waals surface area contributed by atoms with E-state index < -0.39 is 0 Å². The van der Waals surface area contributed by atoms with Gasteiger partial charge in [-0.3, -0.25) is 9.79 Å². The van der Waals surface area contributed by atoms with Crippen LogP contribution in [0, 0.1) is 6.92 Å². The Balaban J connectivity index is 2.49. The zero-order chi connectivity index (χ0) is 20.8. The average Bonchev–Trinajstić information content (AvgIpc) is 2.68. The number of amides is 1. The molecule has 1 atom stereocenters. The van der Waals surface area contributed by atoms with Gasteiger partial charge in [0, 0.05) is 44.8 Å². The van der Waals surface area contributed by atoms with Gasteiger partial charge in [-0.15, -0.1) is 0 Å². The SMILES string of the molecule is CCOCCOc1cc(C)ccc1CNC(=NC)NCCC(=O)NC(C)CC. The third-order valence-electron chi connectivity index (χ3n) is 4.25. The van der Waals surface area contributed by atoms with Crippen molar-refractivity contribution >= 4 is 11.9 Å². The van der Waals surface area contributed by atoms with Crippen LogP contribution < -0.4 is 20.7 Å². The van der Waals surface area contributed by atoms with Crippen LogP contribution in [0.4, 0.5) is 0 Å². The number of rotatable bonds is 12. The Kier molecular flexibility index (Phi) is 11.7. The van der Waals surface area contributed by atoms with Crippen molar-refractivity contribution in [2.45, 2.75) is 53.1 Å². The third-order valence-corrected chi connectivity index (χ3v) is 4.25. The maximum Gasteiger partial charge on any atom is 0.221 e. The van der Waals surface area contributed by atoms with Gasteiger partial charge in [0.1, 0.15) is 12.4 Å². The zero-order valence-corrected chi connectivity index (χ0v) is 17.9. The van der Waals surface area contributed by atoms with Crippen LogP contribution in [0.3, 0.4) is 0 Å². The van der Waals surface area contributed by atoms with Gasteiger partial charge in [-0.25, -0.2) is 0 Å². The summed E-state index contributed by atoms with van der Waals surface area (Å²) in [6.45, 7) is 10.9. The Morgan fingerprint density at radius 3 is 2.68 bits per heavy atom. The molecule has 1 rings (SSSR count). The lowest BCUT2D eigenvalue weighted by Gasteiger charge is -2.16. The molecule has 7 heteroatoms. The van der Waals surface area contributed by atoms with Gasteiger partial charge in [-0.1, -0.05) is 19.1 Å². The molecule has 0 saturated heterocycles. The molecule has 1 aromatic rings. The molecule has 0 fully saturated rings. The Morgan fingerprint density at radius 1 is 1.21 bits per heavy atom. The Bertz CT molecular complexity index is 620. The fraction of sp³-hybridized carbons (Fsp3) is 0.619. The summed E-state index contributed by atoms with van der Waals surface area (Å²) in [4.78, 5) is 16.1. The summed E-state index contributed by atoms with van der Waals surface area (Å²) < 4.78 is 11.2. The first-order valence-electron chi connectivity index (χ1n) is 10.0. The van der Waals surface area contributed by atoms with E-state index >= 15 is 0 Å². The molecule has 0 saturated carbocycles. The van der Waals surface area contributed by atoms with Crippen molar-refractivity contribution < 1.29 is 14.3 Å². The summed E-state index contributed by atoms with van der Waals surface area (Å²) >= 11 is 0. The number of hydrogen-bond acceptors (Lipinski definition) is 4. The predicted octanol–water partition coefficient (Wildman–Crippen LogP) is 2.38. The number of carbonyl (C=O) groups is 1. The van der Waals surface area contributed by atoms with Crippen LogP contribution in [0.25, 0.3) is 0 Å². The Hall–Kier alpha value is -2.28. The Morgan fingerprint density at radius 2 is 2.00 bits per heavy atom. The third kappa shape index (κ3) is 9.60. The summed E-state index contributed by atoms with van der Waals surface area (Å²) in [5.41, 5.74) is 2.18. The first-order valence-corrected chi connectivity index (χ1v) is 10.0. The number of benzene rings is 1. The van der Waals surface area contributed by atoms with E-state index in [2.05, 4.69) is 33.9 Å². The summed E-state index contributed by atoms with van der Waals surface area (Å²) in [5, 5.41) is 9.39. The van der Waals surface area contributed by atoms with Crippen LogP contribution in [-0.4, -0.2) is 51.3 Å². The number of aliphatic imine (C=N–C) groups is 1. The number of aryl methyl sites for hydroxylation is 1. The largest absolute Gasteiger partial charge is 0.491 e. The highest BCUT2D eigenvalue weighted by Gasteiger charge is 2.08. The molecular formula is C21H36N4O3. The molecular weight excluding hydrogens is 356 g/mol. The highest BCUT2D eigenvalue weighted by molar-refractivity contribution is 5.81. The van der Waals surface area contributed by atoms with Crippen molar-refractivity contribution in [2.75, 3.05) is 33.4 Å². The van der Waals surface area contributed by atoms with E-state index in [1.54, 1.807) is 7.05 Å². The van der Waals surface area contributed by atoms with Crippen LogP contribution in [-0.2, 0) is 16.1 Å². The van der Waals surface area contributed by atoms with E-state index in [4.69, 9.17) is 9.47 Å². The van der Waals surface area contributed by atoms with Gasteiger partial charge in [0.25, 0.3) is 0 Å². The number of ether oxygens (including phenoxy) is 2. The molecule has 0 aromatic heterocycles.